The maximum atomic E-state index is 4.49. The molecule has 1 aromatic rings. The SMILES string of the molecule is C1CCC(CN(Cc2nnc3n2CCCC3)C2CC2)NC1. The molecule has 1 unspecified atom stereocenters. The van der Waals surface area contributed by atoms with Crippen LogP contribution in [0.4, 0.5) is 0 Å². The van der Waals surface area contributed by atoms with E-state index in [1.54, 1.807) is 0 Å². The summed E-state index contributed by atoms with van der Waals surface area (Å²) in [7, 11) is 0. The molecule has 116 valence electrons. The topological polar surface area (TPSA) is 46.0 Å². The number of nitrogens with one attached hydrogen (secondary N) is 1. The average Bonchev–Trinajstić information content (AvgIpc) is 3.30. The van der Waals surface area contributed by atoms with Gasteiger partial charge < -0.3 is 9.88 Å². The lowest BCUT2D eigenvalue weighted by Gasteiger charge is -2.30. The zero-order valence-electron chi connectivity index (χ0n) is 12.9. The van der Waals surface area contributed by atoms with Crippen LogP contribution in [0, 0.1) is 0 Å². The van der Waals surface area contributed by atoms with E-state index < -0.39 is 0 Å². The van der Waals surface area contributed by atoms with E-state index in [9.17, 15) is 0 Å². The average molecular weight is 289 g/mol. The molecule has 0 bridgehead atoms. The zero-order chi connectivity index (χ0) is 14.1. The Hall–Kier alpha value is -0.940. The first-order chi connectivity index (χ1) is 10.4. The normalized spacial score (nSPS) is 26.0. The standard InChI is InChI=1S/C16H27N5/c1-3-9-17-13(5-1)11-20(14-7-8-14)12-16-19-18-15-6-2-4-10-21(15)16/h13-14,17H,1-12H2. The van der Waals surface area contributed by atoms with Crippen LogP contribution in [-0.4, -0.2) is 44.8 Å². The maximum Gasteiger partial charge on any atom is 0.147 e. The van der Waals surface area contributed by atoms with Crippen LogP contribution in [0.1, 0.15) is 56.6 Å². The number of fused-ring (bicyclic) bond motifs is 1. The van der Waals surface area contributed by atoms with Gasteiger partial charge in [0, 0.05) is 31.6 Å². The molecule has 3 heterocycles. The third-order valence-corrected chi connectivity index (χ3v) is 5.21. The lowest BCUT2D eigenvalue weighted by atomic mass is 10.0. The van der Waals surface area contributed by atoms with Crippen LogP contribution in [-0.2, 0) is 19.5 Å². The fourth-order valence-electron chi connectivity index (χ4n) is 3.81. The molecule has 0 aromatic carbocycles. The molecular weight excluding hydrogens is 262 g/mol. The Morgan fingerprint density at radius 3 is 2.86 bits per heavy atom. The van der Waals surface area contributed by atoms with Gasteiger partial charge in [0.15, 0.2) is 0 Å². The molecule has 0 spiro atoms. The van der Waals surface area contributed by atoms with Crippen LogP contribution in [0.2, 0.25) is 0 Å². The number of aryl methyl sites for hydroxylation is 1. The second kappa shape index (κ2) is 6.05. The smallest absolute Gasteiger partial charge is 0.147 e. The van der Waals surface area contributed by atoms with Gasteiger partial charge in [0.2, 0.25) is 0 Å². The Morgan fingerprint density at radius 2 is 2.05 bits per heavy atom. The summed E-state index contributed by atoms with van der Waals surface area (Å²) in [5.41, 5.74) is 0. The number of piperidine rings is 1. The van der Waals surface area contributed by atoms with Crippen LogP contribution in [0.3, 0.4) is 0 Å². The summed E-state index contributed by atoms with van der Waals surface area (Å²) >= 11 is 0. The van der Waals surface area contributed by atoms with Crippen molar-refractivity contribution < 1.29 is 0 Å². The summed E-state index contributed by atoms with van der Waals surface area (Å²) in [5, 5.41) is 12.6. The minimum atomic E-state index is 0.683. The summed E-state index contributed by atoms with van der Waals surface area (Å²) in [6.07, 6.45) is 10.5. The molecule has 1 aromatic heterocycles. The van der Waals surface area contributed by atoms with Crippen molar-refractivity contribution >= 4 is 0 Å². The first kappa shape index (κ1) is 13.7. The van der Waals surface area contributed by atoms with Gasteiger partial charge in [0.1, 0.15) is 11.6 Å². The molecule has 4 rings (SSSR count). The van der Waals surface area contributed by atoms with Gasteiger partial charge in [0.25, 0.3) is 0 Å². The highest BCUT2D eigenvalue weighted by atomic mass is 15.3. The number of hydrogen-bond acceptors (Lipinski definition) is 4. The quantitative estimate of drug-likeness (QED) is 0.896. The monoisotopic (exact) mass is 289 g/mol. The van der Waals surface area contributed by atoms with Gasteiger partial charge in [-0.3, -0.25) is 4.90 Å². The second-order valence-corrected chi connectivity index (χ2v) is 6.95. The highest BCUT2D eigenvalue weighted by molar-refractivity contribution is 5.00. The van der Waals surface area contributed by atoms with Crippen molar-refractivity contribution in [1.29, 1.82) is 0 Å². The van der Waals surface area contributed by atoms with Crippen molar-refractivity contribution in [1.82, 2.24) is 25.0 Å². The molecule has 3 aliphatic rings. The lowest BCUT2D eigenvalue weighted by Crippen LogP contribution is -2.44. The van der Waals surface area contributed by atoms with Crippen molar-refractivity contribution in [3.05, 3.63) is 11.6 Å². The highest BCUT2D eigenvalue weighted by Gasteiger charge is 2.32. The van der Waals surface area contributed by atoms with Gasteiger partial charge in [-0.2, -0.15) is 0 Å². The third kappa shape index (κ3) is 3.14. The summed E-state index contributed by atoms with van der Waals surface area (Å²) in [4.78, 5) is 2.66. The first-order valence-corrected chi connectivity index (χ1v) is 8.78. The highest BCUT2D eigenvalue weighted by Crippen LogP contribution is 2.29. The molecule has 1 aliphatic carbocycles. The van der Waals surface area contributed by atoms with Crippen LogP contribution < -0.4 is 5.32 Å². The van der Waals surface area contributed by atoms with Gasteiger partial charge >= 0.3 is 0 Å². The maximum absolute atomic E-state index is 4.49. The van der Waals surface area contributed by atoms with E-state index in [4.69, 9.17) is 0 Å². The largest absolute Gasteiger partial charge is 0.314 e. The first-order valence-electron chi connectivity index (χ1n) is 8.78. The van der Waals surface area contributed by atoms with Gasteiger partial charge in [-0.15, -0.1) is 10.2 Å². The molecule has 1 saturated carbocycles. The molecule has 2 aliphatic heterocycles. The predicted octanol–water partition coefficient (Wildman–Crippen LogP) is 1.72. The molecule has 1 saturated heterocycles. The molecule has 2 fully saturated rings. The third-order valence-electron chi connectivity index (χ3n) is 5.21. The Bertz CT molecular complexity index is 473. The van der Waals surface area contributed by atoms with E-state index in [0.717, 1.165) is 25.6 Å². The number of aromatic nitrogens is 3. The van der Waals surface area contributed by atoms with Crippen LogP contribution in [0.5, 0.6) is 0 Å². The minimum Gasteiger partial charge on any atom is -0.314 e. The Balaban J connectivity index is 1.43. The molecular formula is C16H27N5. The van der Waals surface area contributed by atoms with Gasteiger partial charge in [-0.25, -0.2) is 0 Å². The van der Waals surface area contributed by atoms with Gasteiger partial charge in [-0.1, -0.05) is 6.42 Å². The second-order valence-electron chi connectivity index (χ2n) is 6.95. The lowest BCUT2D eigenvalue weighted by molar-refractivity contribution is 0.201. The molecule has 1 atom stereocenters. The number of rotatable bonds is 5. The van der Waals surface area contributed by atoms with E-state index in [1.807, 2.05) is 0 Å². The van der Waals surface area contributed by atoms with E-state index in [2.05, 4.69) is 25.0 Å². The molecule has 5 heteroatoms. The number of nitrogens with zero attached hydrogens (tertiary/aromatic N) is 4. The summed E-state index contributed by atoms with van der Waals surface area (Å²) in [5.74, 6) is 2.41. The predicted molar refractivity (Wildman–Crippen MR) is 82.0 cm³/mol. The van der Waals surface area contributed by atoms with Crippen molar-refractivity contribution in [3.63, 3.8) is 0 Å². The van der Waals surface area contributed by atoms with Gasteiger partial charge in [0.05, 0.1) is 6.54 Å². The van der Waals surface area contributed by atoms with Crippen LogP contribution in [0.25, 0.3) is 0 Å². The van der Waals surface area contributed by atoms with Crippen molar-refractivity contribution in [2.75, 3.05) is 13.1 Å². The molecule has 5 nitrogen and oxygen atoms in total. The zero-order valence-corrected chi connectivity index (χ0v) is 12.9. The van der Waals surface area contributed by atoms with Crippen molar-refractivity contribution in [2.45, 2.75) is 76.5 Å². The van der Waals surface area contributed by atoms with E-state index in [1.165, 1.54) is 69.7 Å². The summed E-state index contributed by atoms with van der Waals surface area (Å²) < 4.78 is 2.38. The van der Waals surface area contributed by atoms with E-state index in [-0.39, 0.29) is 0 Å². The Labute approximate surface area is 127 Å². The van der Waals surface area contributed by atoms with Crippen molar-refractivity contribution in [3.8, 4) is 0 Å². The van der Waals surface area contributed by atoms with Crippen LogP contribution in [0.15, 0.2) is 0 Å². The Kier molecular flexibility index (Phi) is 3.95. The van der Waals surface area contributed by atoms with Crippen LogP contribution >= 0.6 is 0 Å². The minimum absolute atomic E-state index is 0.683. The fourth-order valence-corrected chi connectivity index (χ4v) is 3.81. The summed E-state index contributed by atoms with van der Waals surface area (Å²) in [6.45, 7) is 4.50. The summed E-state index contributed by atoms with van der Waals surface area (Å²) in [6, 6.07) is 1.48. The van der Waals surface area contributed by atoms with E-state index >= 15 is 0 Å². The van der Waals surface area contributed by atoms with E-state index in [0.29, 0.717) is 6.04 Å². The molecule has 0 amide bonds. The molecule has 0 radical (unpaired) electrons. The molecule has 1 N–H and O–H groups in total. The number of hydrogen-bond donors (Lipinski definition) is 1. The Morgan fingerprint density at radius 1 is 1.10 bits per heavy atom. The molecule has 21 heavy (non-hydrogen) atoms. The van der Waals surface area contributed by atoms with Gasteiger partial charge in [-0.05, 0) is 45.1 Å². The van der Waals surface area contributed by atoms with Crippen molar-refractivity contribution in [2.24, 2.45) is 0 Å². The fraction of sp³-hybridized carbons (Fsp3) is 0.875.